The molecule has 0 aliphatic carbocycles. The summed E-state index contributed by atoms with van der Waals surface area (Å²) in [5, 5.41) is 5.88. The highest BCUT2D eigenvalue weighted by Crippen LogP contribution is 2.30. The quantitative estimate of drug-likeness (QED) is 0.436. The van der Waals surface area contributed by atoms with Crippen molar-refractivity contribution in [3.63, 3.8) is 0 Å². The van der Waals surface area contributed by atoms with Crippen LogP contribution in [0.15, 0.2) is 48.5 Å². The van der Waals surface area contributed by atoms with Crippen molar-refractivity contribution in [2.75, 3.05) is 31.1 Å². The molecule has 2 aromatic carbocycles. The van der Waals surface area contributed by atoms with Crippen molar-refractivity contribution in [3.8, 4) is 5.69 Å². The summed E-state index contributed by atoms with van der Waals surface area (Å²) in [7, 11) is 0. The molecule has 0 radical (unpaired) electrons. The predicted octanol–water partition coefficient (Wildman–Crippen LogP) is 4.66. The van der Waals surface area contributed by atoms with Gasteiger partial charge in [0, 0.05) is 38.2 Å². The largest absolute Gasteiger partial charge is 0.354 e. The van der Waals surface area contributed by atoms with E-state index in [4.69, 9.17) is 15.1 Å². The van der Waals surface area contributed by atoms with Gasteiger partial charge in [-0.3, -0.25) is 4.79 Å². The average Bonchev–Trinajstić information content (AvgIpc) is 3.04. The molecule has 2 aromatic heterocycles. The van der Waals surface area contributed by atoms with Crippen molar-refractivity contribution in [1.29, 1.82) is 0 Å². The Labute approximate surface area is 206 Å². The maximum Gasteiger partial charge on any atom is 0.253 e. The van der Waals surface area contributed by atoms with Gasteiger partial charge in [-0.2, -0.15) is 5.10 Å². The van der Waals surface area contributed by atoms with Crippen LogP contribution >= 0.6 is 0 Å². The molecule has 1 amide bonds. The summed E-state index contributed by atoms with van der Waals surface area (Å²) in [6.45, 7) is 11.2. The van der Waals surface area contributed by atoms with Gasteiger partial charge in [0.1, 0.15) is 11.6 Å². The van der Waals surface area contributed by atoms with Crippen LogP contribution in [-0.2, 0) is 6.42 Å². The first-order valence-corrected chi connectivity index (χ1v) is 12.4. The minimum atomic E-state index is 0.0949. The summed E-state index contributed by atoms with van der Waals surface area (Å²) in [6, 6.07) is 16.1. The number of anilines is 1. The molecular formula is C28H32N6O. The number of para-hydroxylation sites is 1. The van der Waals surface area contributed by atoms with Crippen LogP contribution in [0.4, 0.5) is 5.82 Å². The van der Waals surface area contributed by atoms with Gasteiger partial charge in [0.15, 0.2) is 5.65 Å². The van der Waals surface area contributed by atoms with Gasteiger partial charge in [-0.1, -0.05) is 42.8 Å². The highest BCUT2D eigenvalue weighted by atomic mass is 16.2. The molecule has 1 saturated heterocycles. The number of rotatable bonds is 4. The molecule has 0 unspecified atom stereocenters. The molecule has 35 heavy (non-hydrogen) atoms. The summed E-state index contributed by atoms with van der Waals surface area (Å²) in [5.41, 5.74) is 5.84. The number of nitrogens with zero attached hydrogens (tertiary/aromatic N) is 6. The van der Waals surface area contributed by atoms with Gasteiger partial charge in [0.05, 0.1) is 16.8 Å². The molecule has 1 aliphatic heterocycles. The lowest BCUT2D eigenvalue weighted by atomic mass is 10.1. The first-order chi connectivity index (χ1) is 17.0. The first-order valence-electron chi connectivity index (χ1n) is 12.4. The minimum Gasteiger partial charge on any atom is -0.354 e. The number of benzene rings is 2. The summed E-state index contributed by atoms with van der Waals surface area (Å²) in [4.78, 5) is 27.3. The van der Waals surface area contributed by atoms with Crippen LogP contribution in [0.2, 0.25) is 0 Å². The highest BCUT2D eigenvalue weighted by molar-refractivity contribution is 5.94. The Morgan fingerprint density at radius 1 is 0.914 bits per heavy atom. The van der Waals surface area contributed by atoms with Crippen molar-refractivity contribution in [1.82, 2.24) is 24.6 Å². The van der Waals surface area contributed by atoms with E-state index in [2.05, 4.69) is 30.9 Å². The summed E-state index contributed by atoms with van der Waals surface area (Å²) >= 11 is 0. The van der Waals surface area contributed by atoms with Crippen molar-refractivity contribution in [2.24, 2.45) is 0 Å². The van der Waals surface area contributed by atoms with E-state index in [9.17, 15) is 4.79 Å². The molecule has 1 aliphatic rings. The summed E-state index contributed by atoms with van der Waals surface area (Å²) < 4.78 is 1.95. The van der Waals surface area contributed by atoms with Crippen LogP contribution in [0.25, 0.3) is 16.7 Å². The van der Waals surface area contributed by atoms with Gasteiger partial charge in [0.25, 0.3) is 5.91 Å². The van der Waals surface area contributed by atoms with E-state index in [1.165, 1.54) is 0 Å². The first kappa shape index (κ1) is 23.0. The van der Waals surface area contributed by atoms with Gasteiger partial charge in [-0.15, -0.1) is 0 Å². The Bertz CT molecular complexity index is 1370. The maximum atomic E-state index is 13.1. The van der Waals surface area contributed by atoms with Crippen LogP contribution in [0.1, 0.15) is 46.3 Å². The lowest BCUT2D eigenvalue weighted by molar-refractivity contribution is 0.0767. The normalized spacial score (nSPS) is 14.4. The Morgan fingerprint density at radius 3 is 2.43 bits per heavy atom. The van der Waals surface area contributed by atoms with Gasteiger partial charge < -0.3 is 9.80 Å². The second kappa shape index (κ2) is 9.49. The van der Waals surface area contributed by atoms with Crippen LogP contribution in [0.3, 0.4) is 0 Å². The van der Waals surface area contributed by atoms with Crippen molar-refractivity contribution < 1.29 is 4.79 Å². The average molecular weight is 469 g/mol. The van der Waals surface area contributed by atoms with Crippen LogP contribution in [-0.4, -0.2) is 56.7 Å². The molecule has 1 fully saturated rings. The van der Waals surface area contributed by atoms with E-state index >= 15 is 0 Å². The zero-order chi connectivity index (χ0) is 24.5. The smallest absolute Gasteiger partial charge is 0.253 e. The zero-order valence-electron chi connectivity index (χ0n) is 21.0. The second-order valence-corrected chi connectivity index (χ2v) is 9.30. The van der Waals surface area contributed by atoms with Crippen LogP contribution in [0.5, 0.6) is 0 Å². The van der Waals surface area contributed by atoms with Gasteiger partial charge >= 0.3 is 0 Å². The minimum absolute atomic E-state index is 0.0949. The monoisotopic (exact) mass is 468 g/mol. The highest BCUT2D eigenvalue weighted by Gasteiger charge is 2.25. The fourth-order valence-corrected chi connectivity index (χ4v) is 4.77. The Balaban J connectivity index is 1.49. The number of amides is 1. The number of aryl methyl sites for hydroxylation is 4. The van der Waals surface area contributed by atoms with E-state index in [1.54, 1.807) is 0 Å². The van der Waals surface area contributed by atoms with Gasteiger partial charge in [0.2, 0.25) is 0 Å². The molecule has 4 aromatic rings. The van der Waals surface area contributed by atoms with Crippen molar-refractivity contribution >= 4 is 22.8 Å². The zero-order valence-corrected chi connectivity index (χ0v) is 21.0. The third-order valence-corrected chi connectivity index (χ3v) is 6.77. The SMILES string of the molecule is CCc1nc(N2CCCN(C(=O)c3ccc(C)cc3)CC2)c2c(C)nn(-c3ccccc3C)c2n1. The summed E-state index contributed by atoms with van der Waals surface area (Å²) in [5.74, 6) is 1.82. The number of aromatic nitrogens is 4. The Hall–Kier alpha value is -3.74. The van der Waals surface area contributed by atoms with Gasteiger partial charge in [-0.05, 0) is 51.0 Å². The van der Waals surface area contributed by atoms with E-state index in [0.29, 0.717) is 6.54 Å². The maximum absolute atomic E-state index is 13.1. The lowest BCUT2D eigenvalue weighted by Gasteiger charge is -2.24. The fraction of sp³-hybridized carbons (Fsp3) is 0.357. The van der Waals surface area contributed by atoms with E-state index < -0.39 is 0 Å². The predicted molar refractivity (Wildman–Crippen MR) is 139 cm³/mol. The molecule has 7 nitrogen and oxygen atoms in total. The molecular weight excluding hydrogens is 436 g/mol. The van der Waals surface area contributed by atoms with Crippen LogP contribution < -0.4 is 4.90 Å². The summed E-state index contributed by atoms with van der Waals surface area (Å²) in [6.07, 6.45) is 1.63. The molecule has 180 valence electrons. The topological polar surface area (TPSA) is 67.2 Å². The number of carbonyl (C=O) groups excluding carboxylic acids is 1. The standard InChI is InChI=1S/C28H32N6O/c1-5-24-29-26(25-21(4)31-34(27(25)30-24)23-10-7-6-9-20(23)3)32-15-8-16-33(18-17-32)28(35)22-13-11-19(2)12-14-22/h6-7,9-14H,5,8,15-18H2,1-4H3. The Morgan fingerprint density at radius 2 is 1.69 bits per heavy atom. The van der Waals surface area contributed by atoms with Crippen LogP contribution in [0, 0.1) is 20.8 Å². The van der Waals surface area contributed by atoms with E-state index in [1.807, 2.05) is 59.8 Å². The third-order valence-electron chi connectivity index (χ3n) is 6.77. The molecule has 0 atom stereocenters. The molecule has 7 heteroatoms. The second-order valence-electron chi connectivity index (χ2n) is 9.30. The molecule has 0 bridgehead atoms. The number of carbonyl (C=O) groups is 1. The van der Waals surface area contributed by atoms with Crippen molar-refractivity contribution in [2.45, 2.75) is 40.5 Å². The fourth-order valence-electron chi connectivity index (χ4n) is 4.77. The molecule has 3 heterocycles. The van der Waals surface area contributed by atoms with E-state index in [-0.39, 0.29) is 5.91 Å². The number of hydrogen-bond donors (Lipinski definition) is 0. The van der Waals surface area contributed by atoms with E-state index in [0.717, 1.165) is 83.2 Å². The lowest BCUT2D eigenvalue weighted by Crippen LogP contribution is -2.35. The molecule has 0 spiro atoms. The van der Waals surface area contributed by atoms with Gasteiger partial charge in [-0.25, -0.2) is 14.6 Å². The number of hydrogen-bond acceptors (Lipinski definition) is 5. The third kappa shape index (κ3) is 4.38. The molecule has 0 N–H and O–H groups in total. The molecule has 5 rings (SSSR count). The molecule has 0 saturated carbocycles. The number of fused-ring (bicyclic) bond motifs is 1. The Kier molecular flexibility index (Phi) is 6.24. The van der Waals surface area contributed by atoms with Crippen molar-refractivity contribution in [3.05, 3.63) is 76.7 Å².